The molecule has 0 spiro atoms. The van der Waals surface area contributed by atoms with Crippen molar-refractivity contribution in [3.63, 3.8) is 0 Å². The van der Waals surface area contributed by atoms with Crippen molar-refractivity contribution in [1.29, 1.82) is 0 Å². The second-order valence-electron chi connectivity index (χ2n) is 11.7. The lowest BCUT2D eigenvalue weighted by Gasteiger charge is -2.51. The quantitative estimate of drug-likeness (QED) is 0.626. The van der Waals surface area contributed by atoms with E-state index in [0.29, 0.717) is 12.3 Å². The molecule has 1 heterocycles. The molecular weight excluding hydrogens is 391 g/mol. The van der Waals surface area contributed by atoms with Gasteiger partial charge in [0.2, 0.25) is 11.8 Å². The maximum Gasteiger partial charge on any atom is 0.457 e. The zero-order valence-corrected chi connectivity index (χ0v) is 21.6. The molecule has 0 aromatic heterocycles. The van der Waals surface area contributed by atoms with Crippen LogP contribution in [-0.2, 0) is 18.9 Å². The number of carbonyl (C=O) groups is 2. The van der Waals surface area contributed by atoms with Crippen LogP contribution in [0.2, 0.25) is 6.32 Å². The molecule has 2 fully saturated rings. The largest absolute Gasteiger partial charge is 0.457 e. The minimum atomic E-state index is -0.813. The van der Waals surface area contributed by atoms with Gasteiger partial charge in [0, 0.05) is 19.5 Å². The Labute approximate surface area is 190 Å². The van der Waals surface area contributed by atoms with Crippen LogP contribution in [0.4, 0.5) is 0 Å². The van der Waals surface area contributed by atoms with Gasteiger partial charge in [-0.1, -0.05) is 26.2 Å². The van der Waals surface area contributed by atoms with Crippen molar-refractivity contribution >= 4 is 18.9 Å². The molecule has 2 unspecified atom stereocenters. The number of amides is 2. The van der Waals surface area contributed by atoms with Crippen LogP contribution in [0.5, 0.6) is 0 Å². The van der Waals surface area contributed by atoms with Crippen molar-refractivity contribution in [3.05, 3.63) is 0 Å². The first-order chi connectivity index (χ1) is 14.1. The summed E-state index contributed by atoms with van der Waals surface area (Å²) in [5, 5.41) is 3.19. The molecular formula is C24H45BN2O4. The van der Waals surface area contributed by atoms with Gasteiger partial charge in [-0.3, -0.25) is 9.59 Å². The molecule has 0 aromatic carbocycles. The first kappa shape index (κ1) is 26.2. The number of carbonyl (C=O) groups excluding carboxylic acids is 2. The lowest BCUT2D eigenvalue weighted by atomic mass is 9.63. The Morgan fingerprint density at radius 1 is 1.10 bits per heavy atom. The molecule has 0 aromatic rings. The van der Waals surface area contributed by atoms with Gasteiger partial charge in [-0.2, -0.15) is 0 Å². The van der Waals surface area contributed by atoms with E-state index in [1.165, 1.54) is 0 Å². The van der Waals surface area contributed by atoms with Crippen LogP contribution in [0.3, 0.4) is 0 Å². The smallest absolute Gasteiger partial charge is 0.403 e. The van der Waals surface area contributed by atoms with Gasteiger partial charge in [0.05, 0.1) is 11.2 Å². The Morgan fingerprint density at radius 2 is 1.65 bits per heavy atom. The van der Waals surface area contributed by atoms with Gasteiger partial charge in [-0.15, -0.1) is 0 Å². The van der Waals surface area contributed by atoms with Crippen LogP contribution in [0, 0.1) is 11.8 Å². The number of hydrogen-bond acceptors (Lipinski definition) is 4. The highest BCUT2D eigenvalue weighted by Gasteiger charge is 2.54. The molecule has 2 rings (SSSR count). The van der Waals surface area contributed by atoms with Crippen molar-refractivity contribution < 1.29 is 18.9 Å². The molecule has 1 N–H and O–H groups in total. The van der Waals surface area contributed by atoms with Crippen LogP contribution >= 0.6 is 0 Å². The highest BCUT2D eigenvalue weighted by atomic mass is 16.7. The molecule has 2 amide bonds. The molecule has 3 atom stereocenters. The number of nitrogens with one attached hydrogen (secondary N) is 1. The summed E-state index contributed by atoms with van der Waals surface area (Å²) in [6, 6.07) is 0. The minimum absolute atomic E-state index is 0.0233. The average molecular weight is 436 g/mol. The number of likely N-dealkylation sites (N-methyl/N-ethyl adjacent to an activating group) is 1. The third kappa shape index (κ3) is 5.47. The van der Waals surface area contributed by atoms with Gasteiger partial charge in [-0.25, -0.2) is 0 Å². The van der Waals surface area contributed by atoms with E-state index in [0.717, 1.165) is 32.0 Å². The Bertz CT molecular complexity index is 657. The zero-order valence-electron chi connectivity index (χ0n) is 21.6. The Morgan fingerprint density at radius 3 is 2.10 bits per heavy atom. The van der Waals surface area contributed by atoms with Gasteiger partial charge in [0.25, 0.3) is 0 Å². The fraction of sp³-hybridized carbons (Fsp3) is 0.917. The summed E-state index contributed by atoms with van der Waals surface area (Å²) in [7, 11) is 1.57. The van der Waals surface area contributed by atoms with Gasteiger partial charge in [0.15, 0.2) is 0 Å². The average Bonchev–Trinajstić information content (AvgIpc) is 2.84. The molecule has 1 saturated heterocycles. The van der Waals surface area contributed by atoms with E-state index in [-0.39, 0.29) is 41.6 Å². The minimum Gasteiger partial charge on any atom is -0.403 e. The molecule has 6 nitrogen and oxygen atoms in total. The van der Waals surface area contributed by atoms with E-state index in [1.54, 1.807) is 18.9 Å². The predicted molar refractivity (Wildman–Crippen MR) is 126 cm³/mol. The van der Waals surface area contributed by atoms with Gasteiger partial charge in [-0.05, 0) is 79.5 Å². The lowest BCUT2D eigenvalue weighted by molar-refractivity contribution is -0.154. The fourth-order valence-corrected chi connectivity index (χ4v) is 5.20. The highest BCUT2D eigenvalue weighted by molar-refractivity contribution is 6.45. The van der Waals surface area contributed by atoms with E-state index >= 15 is 0 Å². The molecule has 1 saturated carbocycles. The first-order valence-electron chi connectivity index (χ1n) is 12.0. The molecule has 178 valence electrons. The maximum absolute atomic E-state index is 13.7. The van der Waals surface area contributed by atoms with Gasteiger partial charge < -0.3 is 19.5 Å². The summed E-state index contributed by atoms with van der Waals surface area (Å²) in [5.41, 5.74) is -1.83. The second-order valence-corrected chi connectivity index (χ2v) is 11.7. The van der Waals surface area contributed by atoms with Gasteiger partial charge >= 0.3 is 7.12 Å². The summed E-state index contributed by atoms with van der Waals surface area (Å²) >= 11 is 0. The topological polar surface area (TPSA) is 67.9 Å². The predicted octanol–water partition coefficient (Wildman–Crippen LogP) is 4.43. The number of hydrogen-bond donors (Lipinski definition) is 1. The monoisotopic (exact) mass is 436 g/mol. The van der Waals surface area contributed by atoms with Crippen LogP contribution in [-0.4, -0.2) is 53.2 Å². The molecule has 0 bridgehead atoms. The standard InChI is InChI=1S/C24H45BN2O4/c1-11-19-13-12-18(14-15-25-30-22(6,7)23(8,9)31-25)16-24(19,27(10)17(2)28)20(29)26-21(3,4)5/h18-19H,11-16H2,1-10H3,(H,26,29)/t18-,19?,24?/m0/s1. The van der Waals surface area contributed by atoms with Crippen molar-refractivity contribution in [2.75, 3.05) is 7.05 Å². The van der Waals surface area contributed by atoms with Gasteiger partial charge in [0.1, 0.15) is 5.54 Å². The normalized spacial score (nSPS) is 30.2. The molecule has 1 aliphatic heterocycles. The van der Waals surface area contributed by atoms with Crippen LogP contribution < -0.4 is 5.32 Å². The Hall–Kier alpha value is -1.08. The van der Waals surface area contributed by atoms with Crippen molar-refractivity contribution in [2.45, 2.75) is 123 Å². The third-order valence-electron chi connectivity index (χ3n) is 7.76. The molecule has 1 aliphatic carbocycles. The van der Waals surface area contributed by atoms with Crippen LogP contribution in [0.25, 0.3) is 0 Å². The third-order valence-corrected chi connectivity index (χ3v) is 7.76. The summed E-state index contributed by atoms with van der Waals surface area (Å²) < 4.78 is 12.4. The summed E-state index contributed by atoms with van der Waals surface area (Å²) in [6.45, 7) is 18.0. The summed E-state index contributed by atoms with van der Waals surface area (Å²) in [5.74, 6) is 0.408. The summed E-state index contributed by atoms with van der Waals surface area (Å²) in [4.78, 5) is 27.9. The second kappa shape index (κ2) is 9.05. The molecule has 0 radical (unpaired) electrons. The van der Waals surface area contributed by atoms with E-state index in [1.807, 2.05) is 20.8 Å². The Balaban J connectivity index is 2.22. The first-order valence-corrected chi connectivity index (χ1v) is 12.0. The fourth-order valence-electron chi connectivity index (χ4n) is 5.20. The number of rotatable bonds is 6. The number of nitrogens with zero attached hydrogens (tertiary/aromatic N) is 1. The summed E-state index contributed by atoms with van der Waals surface area (Å²) in [6.07, 6.45) is 5.29. The van der Waals surface area contributed by atoms with E-state index < -0.39 is 5.54 Å². The van der Waals surface area contributed by atoms with Crippen LogP contribution in [0.1, 0.15) is 94.4 Å². The SMILES string of the molecule is CCC1CC[C@@H](CCB2OC(C)(C)C(C)(C)O2)CC1(C(=O)NC(C)(C)C)N(C)C(C)=O. The molecule has 7 heteroatoms. The van der Waals surface area contributed by atoms with E-state index in [9.17, 15) is 9.59 Å². The van der Waals surface area contributed by atoms with Crippen molar-refractivity contribution in [2.24, 2.45) is 11.8 Å². The van der Waals surface area contributed by atoms with Crippen molar-refractivity contribution in [1.82, 2.24) is 10.2 Å². The highest BCUT2D eigenvalue weighted by Crippen LogP contribution is 2.46. The lowest BCUT2D eigenvalue weighted by Crippen LogP contribution is -2.67. The van der Waals surface area contributed by atoms with E-state index in [4.69, 9.17) is 9.31 Å². The molecule has 2 aliphatic rings. The zero-order chi connectivity index (χ0) is 23.8. The Kier molecular flexibility index (Phi) is 7.64. The maximum atomic E-state index is 13.7. The van der Waals surface area contributed by atoms with Crippen molar-refractivity contribution in [3.8, 4) is 0 Å². The van der Waals surface area contributed by atoms with E-state index in [2.05, 4.69) is 39.9 Å². The molecule has 31 heavy (non-hydrogen) atoms. The van der Waals surface area contributed by atoms with Crippen LogP contribution in [0.15, 0.2) is 0 Å².